The lowest BCUT2D eigenvalue weighted by Crippen LogP contribution is -2.16. The molecule has 0 bridgehead atoms. The molecule has 0 saturated carbocycles. The Morgan fingerprint density at radius 3 is 2.29 bits per heavy atom. The molecule has 1 aromatic carbocycles. The third-order valence-corrected chi connectivity index (χ3v) is 5.07. The fourth-order valence-electron chi connectivity index (χ4n) is 2.26. The largest absolute Gasteiger partial charge is 0.369 e. The topological polar surface area (TPSA) is 84.0 Å². The molecule has 2 aromatic rings. The van der Waals surface area contributed by atoms with E-state index in [1.807, 2.05) is 13.0 Å². The van der Waals surface area contributed by atoms with Crippen molar-refractivity contribution in [2.45, 2.75) is 39.0 Å². The van der Waals surface area contributed by atoms with Crippen molar-refractivity contribution in [3.63, 3.8) is 0 Å². The predicted octanol–water partition coefficient (Wildman–Crippen LogP) is 3.35. The molecule has 0 atom stereocenters. The van der Waals surface area contributed by atoms with Gasteiger partial charge in [0.05, 0.1) is 4.90 Å². The fourth-order valence-corrected chi connectivity index (χ4v) is 3.49. The Balaban J connectivity index is 2.07. The van der Waals surface area contributed by atoms with Crippen molar-refractivity contribution < 1.29 is 8.42 Å². The summed E-state index contributed by atoms with van der Waals surface area (Å²) in [5.74, 6) is 1.43. The number of anilines is 2. The van der Waals surface area contributed by atoms with Crippen LogP contribution < -0.4 is 10.0 Å². The zero-order valence-corrected chi connectivity index (χ0v) is 15.3. The highest BCUT2D eigenvalue weighted by Gasteiger charge is 2.17. The molecule has 2 N–H and O–H groups in total. The van der Waals surface area contributed by atoms with E-state index < -0.39 is 10.0 Å². The number of sulfonamides is 1. The van der Waals surface area contributed by atoms with Gasteiger partial charge in [0.25, 0.3) is 10.0 Å². The van der Waals surface area contributed by atoms with Gasteiger partial charge in [0.15, 0.2) is 5.82 Å². The van der Waals surface area contributed by atoms with E-state index >= 15 is 0 Å². The highest BCUT2D eigenvalue weighted by molar-refractivity contribution is 7.92. The molecule has 0 amide bonds. The third kappa shape index (κ3) is 4.92. The van der Waals surface area contributed by atoms with Crippen LogP contribution in [0.15, 0.2) is 35.2 Å². The molecule has 0 radical (unpaired) electrons. The summed E-state index contributed by atoms with van der Waals surface area (Å²) >= 11 is 0. The monoisotopic (exact) mass is 348 g/mol. The van der Waals surface area contributed by atoms with Crippen molar-refractivity contribution in [1.29, 1.82) is 0 Å². The quantitative estimate of drug-likeness (QED) is 0.801. The third-order valence-electron chi connectivity index (χ3n) is 3.55. The molecule has 24 heavy (non-hydrogen) atoms. The van der Waals surface area contributed by atoms with Crippen molar-refractivity contribution in [1.82, 2.24) is 10.2 Å². The number of hydrogen-bond donors (Lipinski definition) is 2. The second-order valence-electron chi connectivity index (χ2n) is 6.29. The first-order chi connectivity index (χ1) is 11.3. The van der Waals surface area contributed by atoms with Crippen LogP contribution in [0.1, 0.15) is 31.4 Å². The standard InChI is InChI=1S/C17H24N4O2S/c1-12(2)9-10-18-16-7-8-17(20-19-16)21-24(22,23)15-6-5-13(3)11-14(15)4/h5-8,11-12H,9-10H2,1-4H3,(H,18,19)(H,20,21). The van der Waals surface area contributed by atoms with Gasteiger partial charge in [-0.2, -0.15) is 0 Å². The fraction of sp³-hybridized carbons (Fsp3) is 0.412. The maximum Gasteiger partial charge on any atom is 0.263 e. The molecule has 0 aliphatic heterocycles. The van der Waals surface area contributed by atoms with Gasteiger partial charge in [0, 0.05) is 6.54 Å². The Morgan fingerprint density at radius 1 is 1.04 bits per heavy atom. The molecule has 1 aromatic heterocycles. The Morgan fingerprint density at radius 2 is 1.71 bits per heavy atom. The highest BCUT2D eigenvalue weighted by Crippen LogP contribution is 2.19. The number of aromatic nitrogens is 2. The van der Waals surface area contributed by atoms with Gasteiger partial charge in [-0.1, -0.05) is 31.5 Å². The first-order valence-corrected chi connectivity index (χ1v) is 9.44. The molecule has 0 unspecified atom stereocenters. The van der Waals surface area contributed by atoms with Gasteiger partial charge in [-0.3, -0.25) is 4.72 Å². The van der Waals surface area contributed by atoms with Crippen LogP contribution in [0, 0.1) is 19.8 Å². The lowest BCUT2D eigenvalue weighted by atomic mass is 10.1. The summed E-state index contributed by atoms with van der Waals surface area (Å²) in [4.78, 5) is 0.244. The Labute approximate surface area is 143 Å². The van der Waals surface area contributed by atoms with Gasteiger partial charge in [0.1, 0.15) is 5.82 Å². The van der Waals surface area contributed by atoms with Crippen LogP contribution in [-0.2, 0) is 10.0 Å². The van der Waals surface area contributed by atoms with E-state index in [2.05, 4.69) is 34.1 Å². The number of nitrogens with one attached hydrogen (secondary N) is 2. The minimum atomic E-state index is -3.67. The summed E-state index contributed by atoms with van der Waals surface area (Å²) in [5.41, 5.74) is 1.71. The number of hydrogen-bond acceptors (Lipinski definition) is 5. The van der Waals surface area contributed by atoms with Crippen molar-refractivity contribution in [2.75, 3.05) is 16.6 Å². The second kappa shape index (κ2) is 7.61. The van der Waals surface area contributed by atoms with Crippen LogP contribution in [0.3, 0.4) is 0 Å². The molecule has 6 nitrogen and oxygen atoms in total. The average molecular weight is 348 g/mol. The minimum absolute atomic E-state index is 0.199. The maximum atomic E-state index is 12.5. The van der Waals surface area contributed by atoms with E-state index in [1.165, 1.54) is 0 Å². The van der Waals surface area contributed by atoms with Crippen molar-refractivity contribution >= 4 is 21.7 Å². The van der Waals surface area contributed by atoms with Gasteiger partial charge >= 0.3 is 0 Å². The molecule has 0 spiro atoms. The van der Waals surface area contributed by atoms with Gasteiger partial charge in [-0.25, -0.2) is 8.42 Å². The number of aryl methyl sites for hydroxylation is 2. The lowest BCUT2D eigenvalue weighted by molar-refractivity contribution is 0.600. The Bertz CT molecular complexity index is 787. The van der Waals surface area contributed by atoms with Gasteiger partial charge in [0.2, 0.25) is 0 Å². The van der Waals surface area contributed by atoms with Crippen LogP contribution in [-0.4, -0.2) is 25.2 Å². The summed E-state index contributed by atoms with van der Waals surface area (Å²) < 4.78 is 27.4. The van der Waals surface area contributed by atoms with Crippen LogP contribution >= 0.6 is 0 Å². The molecule has 7 heteroatoms. The van der Waals surface area contributed by atoms with Crippen LogP contribution in [0.4, 0.5) is 11.6 Å². The van der Waals surface area contributed by atoms with Gasteiger partial charge < -0.3 is 5.32 Å². The van der Waals surface area contributed by atoms with Crippen LogP contribution in [0.25, 0.3) is 0 Å². The van der Waals surface area contributed by atoms with E-state index in [1.54, 1.807) is 31.2 Å². The van der Waals surface area contributed by atoms with Gasteiger partial charge in [-0.05, 0) is 49.9 Å². The highest BCUT2D eigenvalue weighted by atomic mass is 32.2. The Kier molecular flexibility index (Phi) is 5.77. The summed E-state index contributed by atoms with van der Waals surface area (Å²) in [7, 11) is -3.67. The van der Waals surface area contributed by atoms with Gasteiger partial charge in [-0.15, -0.1) is 10.2 Å². The summed E-state index contributed by atoms with van der Waals surface area (Å²) in [5, 5.41) is 11.1. The minimum Gasteiger partial charge on any atom is -0.369 e. The van der Waals surface area contributed by atoms with Crippen molar-refractivity contribution in [2.24, 2.45) is 5.92 Å². The molecule has 0 fully saturated rings. The average Bonchev–Trinajstić information content (AvgIpc) is 2.48. The molecule has 0 aliphatic rings. The van der Waals surface area contributed by atoms with Crippen molar-refractivity contribution in [3.8, 4) is 0 Å². The molecule has 0 saturated heterocycles. The summed E-state index contributed by atoms with van der Waals surface area (Å²) in [6.45, 7) is 8.80. The van der Waals surface area contributed by atoms with Crippen LogP contribution in [0.5, 0.6) is 0 Å². The second-order valence-corrected chi connectivity index (χ2v) is 7.94. The molecular weight excluding hydrogens is 324 g/mol. The first-order valence-electron chi connectivity index (χ1n) is 7.95. The number of benzene rings is 1. The molecular formula is C17H24N4O2S. The van der Waals surface area contributed by atoms with E-state index in [-0.39, 0.29) is 10.7 Å². The molecule has 2 rings (SSSR count). The SMILES string of the molecule is Cc1ccc(S(=O)(=O)Nc2ccc(NCCC(C)C)nn2)c(C)c1. The number of rotatable bonds is 7. The molecule has 130 valence electrons. The Hall–Kier alpha value is -2.15. The normalized spacial score (nSPS) is 11.5. The lowest BCUT2D eigenvalue weighted by Gasteiger charge is -2.11. The van der Waals surface area contributed by atoms with E-state index in [0.29, 0.717) is 17.3 Å². The zero-order valence-electron chi connectivity index (χ0n) is 14.5. The predicted molar refractivity (Wildman–Crippen MR) is 96.7 cm³/mol. The summed E-state index contributed by atoms with van der Waals surface area (Å²) in [6, 6.07) is 8.53. The smallest absolute Gasteiger partial charge is 0.263 e. The molecule has 1 heterocycles. The van der Waals surface area contributed by atoms with E-state index in [9.17, 15) is 8.42 Å². The first kappa shape index (κ1) is 18.2. The van der Waals surface area contributed by atoms with Crippen molar-refractivity contribution in [3.05, 3.63) is 41.5 Å². The molecule has 0 aliphatic carbocycles. The van der Waals surface area contributed by atoms with E-state index in [4.69, 9.17) is 0 Å². The number of nitrogens with zero attached hydrogens (tertiary/aromatic N) is 2. The maximum absolute atomic E-state index is 12.5. The van der Waals surface area contributed by atoms with E-state index in [0.717, 1.165) is 18.5 Å². The van der Waals surface area contributed by atoms with Crippen LogP contribution in [0.2, 0.25) is 0 Å². The summed E-state index contributed by atoms with van der Waals surface area (Å²) in [6.07, 6.45) is 1.03. The zero-order chi connectivity index (χ0) is 17.7.